The van der Waals surface area contributed by atoms with Crippen molar-refractivity contribution in [2.75, 3.05) is 6.54 Å². The Morgan fingerprint density at radius 2 is 2.10 bits per heavy atom. The van der Waals surface area contributed by atoms with E-state index in [1.54, 1.807) is 0 Å². The van der Waals surface area contributed by atoms with Crippen LogP contribution in [-0.2, 0) is 6.54 Å². The van der Waals surface area contributed by atoms with Crippen LogP contribution in [0.25, 0.3) is 0 Å². The van der Waals surface area contributed by atoms with Crippen LogP contribution < -0.4 is 0 Å². The van der Waals surface area contributed by atoms with E-state index >= 15 is 0 Å². The van der Waals surface area contributed by atoms with Gasteiger partial charge in [-0.1, -0.05) is 28.9 Å². The minimum Gasteiger partial charge on any atom is -0.361 e. The lowest BCUT2D eigenvalue weighted by Crippen LogP contribution is -2.23. The molecule has 1 fully saturated rings. The first-order valence-electron chi connectivity index (χ1n) is 7.37. The number of benzene rings is 1. The highest BCUT2D eigenvalue weighted by Gasteiger charge is 2.28. The molecule has 0 N–H and O–H groups in total. The monoisotopic (exact) mass is 270 g/mol. The van der Waals surface area contributed by atoms with Crippen molar-refractivity contribution in [2.24, 2.45) is 0 Å². The zero-order chi connectivity index (χ0) is 14.1. The van der Waals surface area contributed by atoms with Gasteiger partial charge < -0.3 is 4.52 Å². The van der Waals surface area contributed by atoms with Crippen LogP contribution in [0.5, 0.6) is 0 Å². The van der Waals surface area contributed by atoms with E-state index in [9.17, 15) is 0 Å². The molecule has 2 heterocycles. The summed E-state index contributed by atoms with van der Waals surface area (Å²) in [4.78, 5) is 2.53. The first kappa shape index (κ1) is 13.4. The minimum atomic E-state index is 0.410. The molecule has 1 aromatic heterocycles. The van der Waals surface area contributed by atoms with Crippen LogP contribution in [0.4, 0.5) is 0 Å². The lowest BCUT2D eigenvalue weighted by atomic mass is 10.0. The maximum atomic E-state index is 5.24. The first-order chi connectivity index (χ1) is 9.63. The van der Waals surface area contributed by atoms with E-state index < -0.39 is 0 Å². The Kier molecular flexibility index (Phi) is 3.62. The average molecular weight is 270 g/mol. The molecule has 106 valence electrons. The molecule has 1 aliphatic rings. The number of rotatable bonds is 3. The Hall–Kier alpha value is -1.61. The van der Waals surface area contributed by atoms with E-state index in [1.807, 2.05) is 6.92 Å². The average Bonchev–Trinajstić information content (AvgIpc) is 3.02. The number of aromatic nitrogens is 1. The zero-order valence-corrected chi connectivity index (χ0v) is 12.5. The molecule has 3 heteroatoms. The lowest BCUT2D eigenvalue weighted by Gasteiger charge is -2.23. The summed E-state index contributed by atoms with van der Waals surface area (Å²) in [7, 11) is 0. The van der Waals surface area contributed by atoms with Gasteiger partial charge in [-0.05, 0) is 51.3 Å². The molecule has 0 aliphatic carbocycles. The Bertz CT molecular complexity index is 603. The van der Waals surface area contributed by atoms with Gasteiger partial charge in [0, 0.05) is 12.6 Å². The van der Waals surface area contributed by atoms with Gasteiger partial charge in [0.05, 0.1) is 6.04 Å². The van der Waals surface area contributed by atoms with Crippen LogP contribution >= 0.6 is 0 Å². The lowest BCUT2D eigenvalue weighted by molar-refractivity contribution is 0.236. The molecular weight excluding hydrogens is 248 g/mol. The quantitative estimate of drug-likeness (QED) is 0.846. The fraction of sp³-hybridized carbons (Fsp3) is 0.471. The molecule has 0 spiro atoms. The smallest absolute Gasteiger partial charge is 0.133 e. The van der Waals surface area contributed by atoms with E-state index in [4.69, 9.17) is 4.52 Å². The second-order valence-corrected chi connectivity index (χ2v) is 5.92. The summed E-state index contributed by atoms with van der Waals surface area (Å²) < 4.78 is 5.24. The molecule has 1 unspecified atom stereocenters. The molecular formula is C17H22N2O. The highest BCUT2D eigenvalue weighted by molar-refractivity contribution is 5.30. The molecule has 1 atom stereocenters. The summed E-state index contributed by atoms with van der Waals surface area (Å²) in [6.45, 7) is 8.46. The van der Waals surface area contributed by atoms with Crippen LogP contribution in [-0.4, -0.2) is 16.6 Å². The number of aryl methyl sites for hydroxylation is 3. The normalized spacial score (nSPS) is 19.6. The second kappa shape index (κ2) is 5.41. The van der Waals surface area contributed by atoms with E-state index in [2.05, 4.69) is 48.2 Å². The molecule has 0 saturated carbocycles. The van der Waals surface area contributed by atoms with Gasteiger partial charge in [-0.15, -0.1) is 0 Å². The van der Waals surface area contributed by atoms with E-state index in [1.165, 1.54) is 29.5 Å². The Balaban J connectivity index is 1.81. The Morgan fingerprint density at radius 1 is 1.25 bits per heavy atom. The molecule has 1 aliphatic heterocycles. The summed E-state index contributed by atoms with van der Waals surface area (Å²) >= 11 is 0. The number of hydrogen-bond donors (Lipinski definition) is 0. The van der Waals surface area contributed by atoms with Crippen molar-refractivity contribution in [3.63, 3.8) is 0 Å². The highest BCUT2D eigenvalue weighted by Crippen LogP contribution is 2.33. The van der Waals surface area contributed by atoms with Crippen molar-refractivity contribution < 1.29 is 4.52 Å². The Morgan fingerprint density at radius 3 is 2.85 bits per heavy atom. The topological polar surface area (TPSA) is 29.3 Å². The zero-order valence-electron chi connectivity index (χ0n) is 12.5. The van der Waals surface area contributed by atoms with Gasteiger partial charge in [0.25, 0.3) is 0 Å². The third-order valence-electron chi connectivity index (χ3n) is 4.23. The van der Waals surface area contributed by atoms with Gasteiger partial charge in [0.2, 0.25) is 0 Å². The van der Waals surface area contributed by atoms with E-state index in [0.29, 0.717) is 6.04 Å². The SMILES string of the molecule is Cc1ccc(C)c(CN2CCCC2c2cc(C)on2)c1. The number of hydrogen-bond acceptors (Lipinski definition) is 3. The van der Waals surface area contributed by atoms with Crippen molar-refractivity contribution in [1.29, 1.82) is 0 Å². The summed E-state index contributed by atoms with van der Waals surface area (Å²) in [5.41, 5.74) is 5.22. The van der Waals surface area contributed by atoms with Crippen LogP contribution in [0, 0.1) is 20.8 Å². The van der Waals surface area contributed by atoms with Crippen molar-refractivity contribution in [1.82, 2.24) is 10.1 Å². The first-order valence-corrected chi connectivity index (χ1v) is 7.37. The molecule has 0 radical (unpaired) electrons. The van der Waals surface area contributed by atoms with E-state index in [0.717, 1.165) is 24.5 Å². The van der Waals surface area contributed by atoms with Gasteiger partial charge in [0.15, 0.2) is 0 Å². The van der Waals surface area contributed by atoms with Gasteiger partial charge >= 0.3 is 0 Å². The maximum Gasteiger partial charge on any atom is 0.133 e. The van der Waals surface area contributed by atoms with Crippen LogP contribution in [0.15, 0.2) is 28.8 Å². The van der Waals surface area contributed by atoms with Crippen molar-refractivity contribution in [3.05, 3.63) is 52.4 Å². The molecule has 2 aromatic rings. The molecule has 20 heavy (non-hydrogen) atoms. The highest BCUT2D eigenvalue weighted by atomic mass is 16.5. The third-order valence-corrected chi connectivity index (χ3v) is 4.23. The molecule has 3 rings (SSSR count). The van der Waals surface area contributed by atoms with E-state index in [-0.39, 0.29) is 0 Å². The molecule has 0 amide bonds. The summed E-state index contributed by atoms with van der Waals surface area (Å²) in [6, 6.07) is 9.19. The fourth-order valence-corrected chi connectivity index (χ4v) is 3.08. The van der Waals surface area contributed by atoms with Crippen LogP contribution in [0.2, 0.25) is 0 Å². The summed E-state index contributed by atoms with van der Waals surface area (Å²) in [6.07, 6.45) is 2.41. The number of nitrogens with zero attached hydrogens (tertiary/aromatic N) is 2. The van der Waals surface area contributed by atoms with Crippen molar-refractivity contribution in [2.45, 2.75) is 46.2 Å². The minimum absolute atomic E-state index is 0.410. The fourth-order valence-electron chi connectivity index (χ4n) is 3.08. The van der Waals surface area contributed by atoms with Crippen molar-refractivity contribution in [3.8, 4) is 0 Å². The van der Waals surface area contributed by atoms with Gasteiger partial charge in [-0.2, -0.15) is 0 Å². The van der Waals surface area contributed by atoms with Crippen LogP contribution in [0.3, 0.4) is 0 Å². The number of likely N-dealkylation sites (tertiary alicyclic amines) is 1. The largest absolute Gasteiger partial charge is 0.361 e. The van der Waals surface area contributed by atoms with Gasteiger partial charge in [-0.3, -0.25) is 4.90 Å². The molecule has 1 aromatic carbocycles. The predicted octanol–water partition coefficient (Wildman–Crippen LogP) is 3.94. The van der Waals surface area contributed by atoms with Crippen molar-refractivity contribution >= 4 is 0 Å². The summed E-state index contributed by atoms with van der Waals surface area (Å²) in [5.74, 6) is 0.901. The standard InChI is InChI=1S/C17H22N2O/c1-12-6-7-13(2)15(9-12)11-19-8-4-5-17(19)16-10-14(3)20-18-16/h6-7,9-10,17H,4-5,8,11H2,1-3H3. The molecule has 0 bridgehead atoms. The predicted molar refractivity (Wildman–Crippen MR) is 79.5 cm³/mol. The molecule has 1 saturated heterocycles. The second-order valence-electron chi connectivity index (χ2n) is 5.92. The molecule has 3 nitrogen and oxygen atoms in total. The Labute approximate surface area is 120 Å². The maximum absolute atomic E-state index is 5.24. The van der Waals surface area contributed by atoms with Crippen LogP contribution in [0.1, 0.15) is 47.0 Å². The van der Waals surface area contributed by atoms with Gasteiger partial charge in [0.1, 0.15) is 11.5 Å². The van der Waals surface area contributed by atoms with Gasteiger partial charge in [-0.25, -0.2) is 0 Å². The summed E-state index contributed by atoms with van der Waals surface area (Å²) in [5, 5.41) is 4.21. The third kappa shape index (κ3) is 2.63.